The van der Waals surface area contributed by atoms with Gasteiger partial charge in [0, 0.05) is 12.2 Å². The van der Waals surface area contributed by atoms with Crippen LogP contribution >= 0.6 is 0 Å². The summed E-state index contributed by atoms with van der Waals surface area (Å²) in [4.78, 5) is 47.7. The normalized spacial score (nSPS) is 11.8. The summed E-state index contributed by atoms with van der Waals surface area (Å²) >= 11 is 0. The van der Waals surface area contributed by atoms with E-state index in [1.54, 1.807) is 73.7 Å². The van der Waals surface area contributed by atoms with Gasteiger partial charge in [0.2, 0.25) is 0 Å². The standard InChI is InChI=1S/C43H52O12/c1-4-40(46)52-29-34(44)14-10-6-8-12-26-50-36-20-16-32(17-21-36)42(48)54-38-24-25-39(31(3)28-38)55-43(49)33-18-22-37(23-19-33)51-27-13-9-7-11-15-35(45)30-53-41(47)5-2/h4-5,16-25,28,34-35,44-45H,1-2,6-15,26-27,29-30H2,3H3. The van der Waals surface area contributed by atoms with Crippen LogP contribution in [0.15, 0.2) is 92.0 Å². The second-order valence-electron chi connectivity index (χ2n) is 12.8. The van der Waals surface area contributed by atoms with Gasteiger partial charge in [-0.15, -0.1) is 0 Å². The fourth-order valence-corrected chi connectivity index (χ4v) is 5.19. The molecule has 0 fully saturated rings. The van der Waals surface area contributed by atoms with Gasteiger partial charge in [-0.2, -0.15) is 0 Å². The van der Waals surface area contributed by atoms with Crippen molar-refractivity contribution in [2.75, 3.05) is 26.4 Å². The molecule has 55 heavy (non-hydrogen) atoms. The van der Waals surface area contributed by atoms with Crippen LogP contribution in [0.5, 0.6) is 23.0 Å². The maximum absolute atomic E-state index is 12.8. The lowest BCUT2D eigenvalue weighted by Gasteiger charge is -2.11. The number of esters is 4. The monoisotopic (exact) mass is 760 g/mol. The Kier molecular flexibility index (Phi) is 19.8. The largest absolute Gasteiger partial charge is 0.494 e. The predicted octanol–water partition coefficient (Wildman–Crippen LogP) is 7.27. The fourth-order valence-electron chi connectivity index (χ4n) is 5.19. The number of aliphatic hydroxyl groups excluding tert-OH is 2. The molecule has 2 N–H and O–H groups in total. The van der Waals surface area contributed by atoms with Crippen molar-refractivity contribution in [2.45, 2.75) is 83.3 Å². The molecule has 3 aromatic carbocycles. The molecule has 2 atom stereocenters. The van der Waals surface area contributed by atoms with Crippen molar-refractivity contribution in [1.82, 2.24) is 0 Å². The number of aryl methyl sites for hydroxylation is 1. The number of hydrogen-bond donors (Lipinski definition) is 2. The van der Waals surface area contributed by atoms with E-state index in [0.717, 1.165) is 63.5 Å². The molecule has 2 unspecified atom stereocenters. The highest BCUT2D eigenvalue weighted by Crippen LogP contribution is 2.26. The lowest BCUT2D eigenvalue weighted by molar-refractivity contribution is -0.141. The quantitative estimate of drug-likeness (QED) is 0.0365. The minimum Gasteiger partial charge on any atom is -0.494 e. The van der Waals surface area contributed by atoms with Gasteiger partial charge < -0.3 is 38.6 Å². The zero-order valence-corrected chi connectivity index (χ0v) is 31.5. The summed E-state index contributed by atoms with van der Waals surface area (Å²) in [5.41, 5.74) is 1.31. The van der Waals surface area contributed by atoms with E-state index in [1.807, 2.05) is 0 Å². The molecule has 0 radical (unpaired) electrons. The number of rotatable bonds is 26. The molecule has 0 saturated heterocycles. The first kappa shape index (κ1) is 43.9. The molecule has 0 spiro atoms. The zero-order valence-electron chi connectivity index (χ0n) is 31.5. The van der Waals surface area contributed by atoms with E-state index in [0.29, 0.717) is 65.7 Å². The van der Waals surface area contributed by atoms with E-state index in [2.05, 4.69) is 13.2 Å². The Morgan fingerprint density at radius 2 is 1.00 bits per heavy atom. The van der Waals surface area contributed by atoms with Crippen LogP contribution in [0.1, 0.15) is 90.5 Å². The molecule has 12 nitrogen and oxygen atoms in total. The molecule has 0 aliphatic heterocycles. The predicted molar refractivity (Wildman–Crippen MR) is 205 cm³/mol. The number of carbonyl (C=O) groups excluding carboxylic acids is 4. The molecule has 3 rings (SSSR count). The molecule has 296 valence electrons. The molecule has 0 amide bonds. The van der Waals surface area contributed by atoms with Crippen molar-refractivity contribution in [3.8, 4) is 23.0 Å². The van der Waals surface area contributed by atoms with Crippen molar-refractivity contribution in [3.63, 3.8) is 0 Å². The summed E-state index contributed by atoms with van der Waals surface area (Å²) in [6.07, 6.45) is 8.79. The van der Waals surface area contributed by atoms with Crippen molar-refractivity contribution in [1.29, 1.82) is 0 Å². The van der Waals surface area contributed by atoms with E-state index in [9.17, 15) is 29.4 Å². The minimum atomic E-state index is -0.685. The van der Waals surface area contributed by atoms with Crippen molar-refractivity contribution >= 4 is 23.9 Å². The first-order chi connectivity index (χ1) is 26.6. The molecule has 0 aliphatic rings. The van der Waals surface area contributed by atoms with Crippen molar-refractivity contribution in [2.24, 2.45) is 0 Å². The van der Waals surface area contributed by atoms with Crippen LogP contribution in [-0.4, -0.2) is 72.7 Å². The second kappa shape index (κ2) is 24.8. The van der Waals surface area contributed by atoms with Gasteiger partial charge in [0.15, 0.2) is 0 Å². The molecule has 0 aliphatic carbocycles. The Hall–Kier alpha value is -5.46. The number of carbonyl (C=O) groups is 4. The van der Waals surface area contributed by atoms with Gasteiger partial charge in [-0.25, -0.2) is 19.2 Å². The van der Waals surface area contributed by atoms with Gasteiger partial charge in [0.25, 0.3) is 0 Å². The Labute approximate surface area is 322 Å². The summed E-state index contributed by atoms with van der Waals surface area (Å²) in [5, 5.41) is 19.7. The average Bonchev–Trinajstić information content (AvgIpc) is 3.19. The van der Waals surface area contributed by atoms with Crippen LogP contribution in [0, 0.1) is 6.92 Å². The van der Waals surface area contributed by atoms with Crippen molar-refractivity contribution in [3.05, 3.63) is 109 Å². The van der Waals surface area contributed by atoms with Crippen LogP contribution in [0.3, 0.4) is 0 Å². The molecule has 0 saturated carbocycles. The van der Waals surface area contributed by atoms with E-state index in [1.165, 1.54) is 0 Å². The Morgan fingerprint density at radius 1 is 0.582 bits per heavy atom. The smallest absolute Gasteiger partial charge is 0.343 e. The highest BCUT2D eigenvalue weighted by Gasteiger charge is 2.14. The molecule has 0 aromatic heterocycles. The summed E-state index contributed by atoms with van der Waals surface area (Å²) in [6, 6.07) is 18.1. The van der Waals surface area contributed by atoms with E-state index >= 15 is 0 Å². The molecule has 0 bridgehead atoms. The lowest BCUT2D eigenvalue weighted by atomic mass is 10.1. The van der Waals surface area contributed by atoms with Gasteiger partial charge in [-0.05, 0) is 105 Å². The fraction of sp³-hybridized carbons (Fsp3) is 0.395. The number of benzene rings is 3. The molecule has 0 heterocycles. The Morgan fingerprint density at radius 3 is 1.44 bits per heavy atom. The minimum absolute atomic E-state index is 0.0315. The van der Waals surface area contributed by atoms with Gasteiger partial charge in [-0.3, -0.25) is 0 Å². The van der Waals surface area contributed by atoms with Crippen LogP contribution in [0.4, 0.5) is 0 Å². The molecular formula is C43H52O12. The third-order valence-electron chi connectivity index (χ3n) is 8.31. The van der Waals surface area contributed by atoms with Crippen LogP contribution in [-0.2, 0) is 19.1 Å². The van der Waals surface area contributed by atoms with Crippen LogP contribution in [0.25, 0.3) is 0 Å². The van der Waals surface area contributed by atoms with E-state index in [-0.39, 0.29) is 13.2 Å². The highest BCUT2D eigenvalue weighted by molar-refractivity contribution is 5.92. The Bertz CT molecular complexity index is 1670. The maximum atomic E-state index is 12.8. The van der Waals surface area contributed by atoms with Crippen LogP contribution < -0.4 is 18.9 Å². The summed E-state index contributed by atoms with van der Waals surface area (Å²) < 4.78 is 32.4. The number of ether oxygens (including phenoxy) is 6. The van der Waals surface area contributed by atoms with Gasteiger partial charge in [0.1, 0.15) is 36.2 Å². The van der Waals surface area contributed by atoms with Gasteiger partial charge in [-0.1, -0.05) is 51.7 Å². The topological polar surface area (TPSA) is 164 Å². The number of aliphatic hydroxyl groups is 2. The molecule has 3 aromatic rings. The van der Waals surface area contributed by atoms with Gasteiger partial charge >= 0.3 is 23.9 Å². The first-order valence-corrected chi connectivity index (χ1v) is 18.5. The number of hydrogen-bond acceptors (Lipinski definition) is 12. The van der Waals surface area contributed by atoms with E-state index < -0.39 is 36.1 Å². The zero-order chi connectivity index (χ0) is 39.8. The highest BCUT2D eigenvalue weighted by atomic mass is 16.6. The summed E-state index contributed by atoms with van der Waals surface area (Å²) in [7, 11) is 0. The lowest BCUT2D eigenvalue weighted by Crippen LogP contribution is -2.17. The summed E-state index contributed by atoms with van der Waals surface area (Å²) in [5.74, 6) is -0.273. The second-order valence-corrected chi connectivity index (χ2v) is 12.8. The Balaban J connectivity index is 1.31. The third-order valence-corrected chi connectivity index (χ3v) is 8.31. The maximum Gasteiger partial charge on any atom is 0.343 e. The number of unbranched alkanes of at least 4 members (excludes halogenated alkanes) is 6. The average molecular weight is 761 g/mol. The van der Waals surface area contributed by atoms with Crippen molar-refractivity contribution < 1.29 is 57.8 Å². The first-order valence-electron chi connectivity index (χ1n) is 18.5. The third kappa shape index (κ3) is 17.5. The van der Waals surface area contributed by atoms with E-state index in [4.69, 9.17) is 28.4 Å². The van der Waals surface area contributed by atoms with Gasteiger partial charge in [0.05, 0.1) is 36.5 Å². The van der Waals surface area contributed by atoms with Crippen LogP contribution in [0.2, 0.25) is 0 Å². The molecule has 12 heteroatoms. The summed E-state index contributed by atoms with van der Waals surface area (Å²) in [6.45, 7) is 9.34. The SMILES string of the molecule is C=CC(=O)OCC(O)CCCCCCOc1ccc(C(=O)Oc2ccc(OC(=O)c3ccc(OCCCCCCC(O)COC(=O)C=C)cc3)c(C)c2)cc1. The molecular weight excluding hydrogens is 708 g/mol.